The van der Waals surface area contributed by atoms with Crippen LogP contribution in [-0.4, -0.2) is 31.9 Å². The van der Waals surface area contributed by atoms with Crippen molar-refractivity contribution in [1.82, 2.24) is 20.2 Å². The number of rotatable bonds is 6. The van der Waals surface area contributed by atoms with Gasteiger partial charge in [0.2, 0.25) is 11.7 Å². The number of benzene rings is 2. The highest BCUT2D eigenvalue weighted by Gasteiger charge is 2.12. The number of amides is 1. The predicted molar refractivity (Wildman–Crippen MR) is 97.5 cm³/mol. The maximum atomic E-state index is 13.0. The number of halogens is 1. The second-order valence-electron chi connectivity index (χ2n) is 6.29. The summed E-state index contributed by atoms with van der Waals surface area (Å²) in [4.78, 5) is 25.3. The Kier molecular flexibility index (Phi) is 5.35. The number of Topliss-reactive ketones (excluding diaryl/α,β-unsaturated/α-hetero) is 1. The van der Waals surface area contributed by atoms with E-state index in [9.17, 15) is 14.0 Å². The van der Waals surface area contributed by atoms with Gasteiger partial charge in [0.25, 0.3) is 0 Å². The van der Waals surface area contributed by atoms with Crippen LogP contribution < -0.4 is 5.32 Å². The Bertz CT molecular complexity index is 949. The molecule has 0 spiro atoms. The summed E-state index contributed by atoms with van der Waals surface area (Å²) in [5.41, 5.74) is 1.71. The Labute approximate surface area is 155 Å². The van der Waals surface area contributed by atoms with Gasteiger partial charge in [-0.2, -0.15) is 4.80 Å². The largest absolute Gasteiger partial charge is 0.326 e. The molecule has 2 aromatic carbocycles. The van der Waals surface area contributed by atoms with Crippen LogP contribution in [0, 0.1) is 11.7 Å². The van der Waals surface area contributed by atoms with Gasteiger partial charge in [-0.15, -0.1) is 10.2 Å². The summed E-state index contributed by atoms with van der Waals surface area (Å²) in [7, 11) is 0. The Balaban J connectivity index is 1.65. The van der Waals surface area contributed by atoms with E-state index in [0.29, 0.717) is 22.6 Å². The van der Waals surface area contributed by atoms with E-state index in [4.69, 9.17) is 0 Å². The number of anilines is 1. The van der Waals surface area contributed by atoms with Crippen molar-refractivity contribution >= 4 is 17.4 Å². The van der Waals surface area contributed by atoms with Crippen molar-refractivity contribution in [2.45, 2.75) is 20.4 Å². The van der Waals surface area contributed by atoms with Gasteiger partial charge in [0, 0.05) is 22.7 Å². The van der Waals surface area contributed by atoms with Gasteiger partial charge in [-0.1, -0.05) is 13.8 Å². The molecule has 0 aliphatic rings. The van der Waals surface area contributed by atoms with Gasteiger partial charge < -0.3 is 5.32 Å². The van der Waals surface area contributed by atoms with Crippen LogP contribution in [0.25, 0.3) is 11.4 Å². The number of hydrogen-bond donors (Lipinski definition) is 1. The third kappa shape index (κ3) is 4.60. The number of carbonyl (C=O) groups is 2. The van der Waals surface area contributed by atoms with E-state index in [2.05, 4.69) is 20.7 Å². The summed E-state index contributed by atoms with van der Waals surface area (Å²) in [5.74, 6) is -0.446. The van der Waals surface area contributed by atoms with Gasteiger partial charge in [-0.3, -0.25) is 9.59 Å². The lowest BCUT2D eigenvalue weighted by Crippen LogP contribution is -2.18. The molecule has 0 atom stereocenters. The van der Waals surface area contributed by atoms with Gasteiger partial charge in [0.15, 0.2) is 5.78 Å². The molecule has 27 heavy (non-hydrogen) atoms. The fraction of sp³-hybridized carbons (Fsp3) is 0.211. The molecule has 0 unspecified atom stereocenters. The van der Waals surface area contributed by atoms with Crippen LogP contribution >= 0.6 is 0 Å². The molecule has 1 aromatic heterocycles. The van der Waals surface area contributed by atoms with Gasteiger partial charge >= 0.3 is 0 Å². The monoisotopic (exact) mass is 367 g/mol. The standard InChI is InChI=1S/C19H18FN5O2/c1-12(2)19(27)21-16-9-5-13(6-10-16)17(26)11-25-23-18(22-24-25)14-3-7-15(20)8-4-14/h3-10,12H,11H2,1-2H3,(H,21,27). The van der Waals surface area contributed by atoms with Crippen molar-refractivity contribution < 1.29 is 14.0 Å². The zero-order valence-corrected chi connectivity index (χ0v) is 14.9. The van der Waals surface area contributed by atoms with Crippen molar-refractivity contribution in [3.63, 3.8) is 0 Å². The molecule has 3 aromatic rings. The zero-order valence-electron chi connectivity index (χ0n) is 14.9. The van der Waals surface area contributed by atoms with Crippen LogP contribution in [0.4, 0.5) is 10.1 Å². The van der Waals surface area contributed by atoms with Crippen molar-refractivity contribution in [3.05, 3.63) is 59.9 Å². The van der Waals surface area contributed by atoms with Crippen molar-refractivity contribution in [2.75, 3.05) is 5.32 Å². The quantitative estimate of drug-likeness (QED) is 0.677. The molecule has 0 aliphatic carbocycles. The molecule has 0 saturated heterocycles. The summed E-state index contributed by atoms with van der Waals surface area (Å²) in [6.45, 7) is 3.53. The van der Waals surface area contributed by atoms with E-state index in [1.54, 1.807) is 50.2 Å². The second-order valence-corrected chi connectivity index (χ2v) is 6.29. The lowest BCUT2D eigenvalue weighted by molar-refractivity contribution is -0.118. The topological polar surface area (TPSA) is 89.8 Å². The highest BCUT2D eigenvalue weighted by atomic mass is 19.1. The zero-order chi connectivity index (χ0) is 19.4. The fourth-order valence-electron chi connectivity index (χ4n) is 2.27. The molecule has 0 fully saturated rings. The average molecular weight is 367 g/mol. The Morgan fingerprint density at radius 3 is 2.37 bits per heavy atom. The van der Waals surface area contributed by atoms with E-state index in [-0.39, 0.29) is 30.0 Å². The lowest BCUT2D eigenvalue weighted by atomic mass is 10.1. The molecule has 8 heteroatoms. The third-order valence-corrected chi connectivity index (χ3v) is 3.84. The third-order valence-electron chi connectivity index (χ3n) is 3.84. The van der Waals surface area contributed by atoms with Gasteiger partial charge in [-0.25, -0.2) is 4.39 Å². The average Bonchev–Trinajstić information content (AvgIpc) is 3.11. The normalized spacial score (nSPS) is 10.8. The fourth-order valence-corrected chi connectivity index (χ4v) is 2.27. The van der Waals surface area contributed by atoms with Gasteiger partial charge in [0.05, 0.1) is 0 Å². The summed E-state index contributed by atoms with van der Waals surface area (Å²) < 4.78 is 13.0. The van der Waals surface area contributed by atoms with Crippen molar-refractivity contribution in [1.29, 1.82) is 0 Å². The van der Waals surface area contributed by atoms with E-state index >= 15 is 0 Å². The number of nitrogens with zero attached hydrogens (tertiary/aromatic N) is 4. The molecule has 0 radical (unpaired) electrons. The van der Waals surface area contributed by atoms with Crippen molar-refractivity contribution in [2.24, 2.45) is 5.92 Å². The number of nitrogens with one attached hydrogen (secondary N) is 1. The highest BCUT2D eigenvalue weighted by Crippen LogP contribution is 2.15. The maximum Gasteiger partial charge on any atom is 0.226 e. The Morgan fingerprint density at radius 1 is 1.07 bits per heavy atom. The SMILES string of the molecule is CC(C)C(=O)Nc1ccc(C(=O)Cn2nnc(-c3ccc(F)cc3)n2)cc1. The molecule has 138 valence electrons. The van der Waals surface area contributed by atoms with Crippen molar-refractivity contribution in [3.8, 4) is 11.4 Å². The molecule has 0 aliphatic heterocycles. The Hall–Kier alpha value is -3.42. The number of carbonyl (C=O) groups excluding carboxylic acids is 2. The lowest BCUT2D eigenvalue weighted by Gasteiger charge is -2.08. The number of aromatic nitrogens is 4. The maximum absolute atomic E-state index is 13.0. The summed E-state index contributed by atoms with van der Waals surface area (Å²) in [6, 6.07) is 12.3. The van der Waals surface area contributed by atoms with Gasteiger partial charge in [0.1, 0.15) is 12.4 Å². The first kappa shape index (κ1) is 18.4. The predicted octanol–water partition coefficient (Wildman–Crippen LogP) is 2.96. The molecule has 7 nitrogen and oxygen atoms in total. The van der Waals surface area contributed by atoms with Crippen LogP contribution in [0.3, 0.4) is 0 Å². The number of hydrogen-bond acceptors (Lipinski definition) is 5. The first-order valence-corrected chi connectivity index (χ1v) is 8.40. The van der Waals surface area contributed by atoms with E-state index in [1.807, 2.05) is 0 Å². The minimum Gasteiger partial charge on any atom is -0.326 e. The van der Waals surface area contributed by atoms with Gasteiger partial charge in [-0.05, 0) is 53.7 Å². The first-order valence-electron chi connectivity index (χ1n) is 8.40. The van der Waals surface area contributed by atoms with E-state index < -0.39 is 0 Å². The summed E-state index contributed by atoms with van der Waals surface area (Å²) in [6.07, 6.45) is 0. The Morgan fingerprint density at radius 2 is 1.74 bits per heavy atom. The molecule has 0 bridgehead atoms. The summed E-state index contributed by atoms with van der Waals surface area (Å²) in [5, 5.41) is 14.7. The van der Waals surface area contributed by atoms with Crippen LogP contribution in [0.5, 0.6) is 0 Å². The minimum atomic E-state index is -0.352. The van der Waals surface area contributed by atoms with Crippen LogP contribution in [-0.2, 0) is 11.3 Å². The second kappa shape index (κ2) is 7.86. The molecular formula is C19H18FN5O2. The number of tetrazole rings is 1. The number of ketones is 1. The van der Waals surface area contributed by atoms with E-state index in [1.165, 1.54) is 16.9 Å². The molecule has 1 heterocycles. The molecule has 3 rings (SSSR count). The van der Waals surface area contributed by atoms with E-state index in [0.717, 1.165) is 0 Å². The molecule has 1 N–H and O–H groups in total. The van der Waals surface area contributed by atoms with Crippen LogP contribution in [0.2, 0.25) is 0 Å². The first-order chi connectivity index (χ1) is 12.9. The smallest absolute Gasteiger partial charge is 0.226 e. The molecular weight excluding hydrogens is 349 g/mol. The van der Waals surface area contributed by atoms with Crippen LogP contribution in [0.1, 0.15) is 24.2 Å². The summed E-state index contributed by atoms with van der Waals surface area (Å²) >= 11 is 0. The molecule has 0 saturated carbocycles. The van der Waals surface area contributed by atoms with Crippen LogP contribution in [0.15, 0.2) is 48.5 Å². The molecule has 1 amide bonds. The minimum absolute atomic E-state index is 0.0775. The highest BCUT2D eigenvalue weighted by molar-refractivity contribution is 5.97.